The minimum Gasteiger partial charge on any atom is -0.504 e. The molecular weight excluding hydrogens is 500 g/mol. The zero-order chi connectivity index (χ0) is 27.6. The molecule has 1 heterocycles. The van der Waals surface area contributed by atoms with Gasteiger partial charge in [0, 0.05) is 29.7 Å². The van der Waals surface area contributed by atoms with Crippen LogP contribution in [-0.4, -0.2) is 62.9 Å². The Balaban J connectivity index is 1.77. The Morgan fingerprint density at radius 1 is 0.763 bits per heavy atom. The number of phenols is 3. The van der Waals surface area contributed by atoms with Gasteiger partial charge in [0.05, 0.1) is 41.1 Å². The van der Waals surface area contributed by atoms with E-state index in [1.165, 1.54) is 59.8 Å². The molecule has 38 heavy (non-hydrogen) atoms. The van der Waals surface area contributed by atoms with Gasteiger partial charge < -0.3 is 48.5 Å². The molecule has 0 radical (unpaired) electrons. The Bertz CT molecular complexity index is 1330. The van der Waals surface area contributed by atoms with E-state index in [1.807, 2.05) is 0 Å². The third-order valence-electron chi connectivity index (χ3n) is 6.15. The van der Waals surface area contributed by atoms with E-state index in [-0.39, 0.29) is 46.5 Å². The van der Waals surface area contributed by atoms with Crippen molar-refractivity contribution < 1.29 is 53.3 Å². The molecule has 11 heteroatoms. The van der Waals surface area contributed by atoms with Crippen LogP contribution >= 0.6 is 0 Å². The van der Waals surface area contributed by atoms with Crippen LogP contribution < -0.4 is 28.4 Å². The van der Waals surface area contributed by atoms with E-state index < -0.39 is 18.2 Å². The van der Waals surface area contributed by atoms with E-state index in [1.54, 1.807) is 12.1 Å². The Morgan fingerprint density at radius 2 is 1.39 bits per heavy atom. The number of esters is 1. The van der Waals surface area contributed by atoms with E-state index in [9.17, 15) is 20.1 Å². The highest BCUT2D eigenvalue weighted by Gasteiger charge is 2.38. The highest BCUT2D eigenvalue weighted by Crippen LogP contribution is 2.46. The zero-order valence-corrected chi connectivity index (χ0v) is 21.4. The molecule has 3 N–H and O–H groups in total. The standard InChI is InChI=1S/C27H28O11/c1-32-15-10-20(33-2)16-12-23(38-27(31)14-8-19(30)26(36-5)22(9-14)34-3)24(37-21(16)11-15)13-6-17(28)25(35-4)18(29)7-13/h6-11,23-24,28-30H,12H2,1-5H3. The number of carbonyl (C=O) groups excluding carboxylic acids is 1. The number of methoxy groups -OCH3 is 5. The van der Waals surface area contributed by atoms with Gasteiger partial charge in [-0.05, 0) is 24.3 Å². The predicted molar refractivity (Wildman–Crippen MR) is 133 cm³/mol. The Labute approximate surface area is 218 Å². The number of ether oxygens (including phenoxy) is 7. The third-order valence-corrected chi connectivity index (χ3v) is 6.15. The Kier molecular flexibility index (Phi) is 7.47. The van der Waals surface area contributed by atoms with Gasteiger partial charge in [-0.3, -0.25) is 0 Å². The van der Waals surface area contributed by atoms with Crippen molar-refractivity contribution >= 4 is 5.97 Å². The summed E-state index contributed by atoms with van der Waals surface area (Å²) in [5.74, 6) is -0.277. The lowest BCUT2D eigenvalue weighted by molar-refractivity contribution is -0.0189. The van der Waals surface area contributed by atoms with Crippen molar-refractivity contribution in [1.82, 2.24) is 0 Å². The molecule has 0 saturated heterocycles. The number of hydrogen-bond acceptors (Lipinski definition) is 11. The fourth-order valence-corrected chi connectivity index (χ4v) is 4.37. The van der Waals surface area contributed by atoms with E-state index in [0.29, 0.717) is 28.4 Å². The molecule has 1 aliphatic heterocycles. The highest BCUT2D eigenvalue weighted by molar-refractivity contribution is 5.91. The van der Waals surface area contributed by atoms with Gasteiger partial charge in [0.15, 0.2) is 29.1 Å². The van der Waals surface area contributed by atoms with Crippen molar-refractivity contribution in [2.45, 2.75) is 18.6 Å². The monoisotopic (exact) mass is 528 g/mol. The van der Waals surface area contributed by atoms with Gasteiger partial charge in [0.25, 0.3) is 0 Å². The molecule has 0 saturated carbocycles. The van der Waals surface area contributed by atoms with Crippen LogP contribution in [0, 0.1) is 0 Å². The largest absolute Gasteiger partial charge is 0.504 e. The summed E-state index contributed by atoms with van der Waals surface area (Å²) in [7, 11) is 7.04. The minimum atomic E-state index is -0.959. The first-order valence-corrected chi connectivity index (χ1v) is 11.4. The molecule has 202 valence electrons. The fourth-order valence-electron chi connectivity index (χ4n) is 4.37. The van der Waals surface area contributed by atoms with Crippen molar-refractivity contribution in [3.63, 3.8) is 0 Å². The van der Waals surface area contributed by atoms with Crippen molar-refractivity contribution in [1.29, 1.82) is 0 Å². The van der Waals surface area contributed by atoms with Gasteiger partial charge in [0.2, 0.25) is 11.5 Å². The van der Waals surface area contributed by atoms with Crippen molar-refractivity contribution in [2.75, 3.05) is 35.5 Å². The summed E-state index contributed by atoms with van der Waals surface area (Å²) >= 11 is 0. The summed E-state index contributed by atoms with van der Waals surface area (Å²) in [4.78, 5) is 13.3. The number of fused-ring (bicyclic) bond motifs is 1. The van der Waals surface area contributed by atoms with Crippen molar-refractivity contribution in [3.8, 4) is 51.7 Å². The van der Waals surface area contributed by atoms with Gasteiger partial charge in [0.1, 0.15) is 23.4 Å². The lowest BCUT2D eigenvalue weighted by Gasteiger charge is -2.34. The van der Waals surface area contributed by atoms with Gasteiger partial charge in [-0.2, -0.15) is 0 Å². The minimum absolute atomic E-state index is 0.00631. The second-order valence-electron chi connectivity index (χ2n) is 8.32. The van der Waals surface area contributed by atoms with E-state index >= 15 is 0 Å². The number of aromatic hydroxyl groups is 3. The normalized spacial score (nSPS) is 16.0. The number of hydrogen-bond donors (Lipinski definition) is 3. The van der Waals surface area contributed by atoms with Crippen LogP contribution in [0.4, 0.5) is 0 Å². The van der Waals surface area contributed by atoms with E-state index in [2.05, 4.69) is 0 Å². The maximum Gasteiger partial charge on any atom is 0.338 e. The number of rotatable bonds is 8. The maximum absolute atomic E-state index is 13.3. The van der Waals surface area contributed by atoms with Crippen LogP contribution in [0.2, 0.25) is 0 Å². The summed E-state index contributed by atoms with van der Waals surface area (Å²) in [6.07, 6.45) is -1.74. The number of benzene rings is 3. The molecule has 3 aromatic carbocycles. The smallest absolute Gasteiger partial charge is 0.338 e. The predicted octanol–water partition coefficient (Wildman–Crippen LogP) is 3.75. The molecule has 0 amide bonds. The summed E-state index contributed by atoms with van der Waals surface area (Å²) < 4.78 is 38.4. The van der Waals surface area contributed by atoms with Crippen molar-refractivity contribution in [3.05, 3.63) is 53.1 Å². The molecule has 0 aliphatic carbocycles. The number of phenolic OH excluding ortho intramolecular Hbond substituents is 3. The van der Waals surface area contributed by atoms with Crippen molar-refractivity contribution in [2.24, 2.45) is 0 Å². The molecule has 2 atom stereocenters. The molecule has 4 rings (SSSR count). The van der Waals surface area contributed by atoms with Crippen LogP contribution in [0.1, 0.15) is 27.6 Å². The summed E-state index contributed by atoms with van der Waals surface area (Å²) in [6, 6.07) is 8.64. The van der Waals surface area contributed by atoms with Gasteiger partial charge in [-0.15, -0.1) is 0 Å². The average molecular weight is 529 g/mol. The average Bonchev–Trinajstić information content (AvgIpc) is 2.91. The molecule has 0 spiro atoms. The SMILES string of the molecule is COc1cc(OC)c2c(c1)OC(c1cc(O)c(OC)c(O)c1)C(OC(=O)c1cc(O)c(OC)c(OC)c1)C2. The summed E-state index contributed by atoms with van der Waals surface area (Å²) in [5, 5.41) is 31.1. The highest BCUT2D eigenvalue weighted by atomic mass is 16.6. The summed E-state index contributed by atoms with van der Waals surface area (Å²) in [6.45, 7) is 0. The lowest BCUT2D eigenvalue weighted by Crippen LogP contribution is -2.35. The summed E-state index contributed by atoms with van der Waals surface area (Å²) in [5.41, 5.74) is 0.951. The molecule has 0 aromatic heterocycles. The van der Waals surface area contributed by atoms with Crippen LogP contribution in [0.25, 0.3) is 0 Å². The molecule has 1 aliphatic rings. The molecule has 2 unspecified atom stereocenters. The first kappa shape index (κ1) is 26.4. The van der Waals surface area contributed by atoms with Crippen LogP contribution in [0.15, 0.2) is 36.4 Å². The van der Waals surface area contributed by atoms with Gasteiger partial charge >= 0.3 is 5.97 Å². The van der Waals surface area contributed by atoms with Crippen LogP contribution in [0.3, 0.4) is 0 Å². The first-order valence-electron chi connectivity index (χ1n) is 11.4. The van der Waals surface area contributed by atoms with Crippen LogP contribution in [-0.2, 0) is 11.2 Å². The first-order chi connectivity index (χ1) is 18.2. The second kappa shape index (κ2) is 10.8. The quantitative estimate of drug-likeness (QED) is 0.368. The molecule has 11 nitrogen and oxygen atoms in total. The van der Waals surface area contributed by atoms with Gasteiger partial charge in [-0.1, -0.05) is 0 Å². The molecule has 0 bridgehead atoms. The topological polar surface area (TPSA) is 142 Å². The van der Waals surface area contributed by atoms with E-state index in [0.717, 1.165) is 0 Å². The van der Waals surface area contributed by atoms with Crippen LogP contribution in [0.5, 0.6) is 51.7 Å². The fraction of sp³-hybridized carbons (Fsp3) is 0.296. The number of carbonyl (C=O) groups is 1. The molecule has 3 aromatic rings. The molecular formula is C27H28O11. The third kappa shape index (κ3) is 4.82. The van der Waals surface area contributed by atoms with E-state index in [4.69, 9.17) is 33.2 Å². The lowest BCUT2D eigenvalue weighted by atomic mass is 9.93. The second-order valence-corrected chi connectivity index (χ2v) is 8.32. The molecule has 0 fully saturated rings. The Hall–Kier alpha value is -4.67. The van der Waals surface area contributed by atoms with Gasteiger partial charge in [-0.25, -0.2) is 4.79 Å². The Morgan fingerprint density at radius 3 is 1.97 bits per heavy atom. The zero-order valence-electron chi connectivity index (χ0n) is 21.4. The maximum atomic E-state index is 13.3.